The Bertz CT molecular complexity index is 404. The first-order chi connectivity index (χ1) is 8.88. The summed E-state index contributed by atoms with van der Waals surface area (Å²) in [6.45, 7) is 6.28. The molecule has 106 valence electrons. The van der Waals surface area contributed by atoms with Crippen molar-refractivity contribution in [3.05, 3.63) is 35.4 Å². The number of hydrogen-bond donors (Lipinski definition) is 0. The third-order valence-corrected chi connectivity index (χ3v) is 4.89. The lowest BCUT2D eigenvalue weighted by molar-refractivity contribution is 0.139. The van der Waals surface area contributed by atoms with Crippen LogP contribution in [-0.2, 0) is 6.42 Å². The van der Waals surface area contributed by atoms with Crippen LogP contribution < -0.4 is 0 Å². The summed E-state index contributed by atoms with van der Waals surface area (Å²) in [4.78, 5) is 2.71. The minimum Gasteiger partial charge on any atom is -0.303 e. The first-order valence-electron chi connectivity index (χ1n) is 7.68. The van der Waals surface area contributed by atoms with Crippen molar-refractivity contribution in [2.24, 2.45) is 5.92 Å². The van der Waals surface area contributed by atoms with E-state index in [2.05, 4.69) is 36.1 Å². The maximum absolute atomic E-state index is 2.71. The molecule has 3 rings (SSSR count). The lowest BCUT2D eigenvalue weighted by Gasteiger charge is -2.42. The Labute approximate surface area is 123 Å². The topological polar surface area (TPSA) is 3.24 Å². The van der Waals surface area contributed by atoms with Crippen molar-refractivity contribution in [1.82, 2.24) is 4.90 Å². The summed E-state index contributed by atoms with van der Waals surface area (Å²) in [6, 6.07) is 9.16. The summed E-state index contributed by atoms with van der Waals surface area (Å²) < 4.78 is 0. The highest BCUT2D eigenvalue weighted by Crippen LogP contribution is 2.41. The molecule has 1 aliphatic heterocycles. The number of hydrogen-bond acceptors (Lipinski definition) is 1. The highest BCUT2D eigenvalue weighted by Gasteiger charge is 2.33. The van der Waals surface area contributed by atoms with E-state index in [1.54, 1.807) is 11.1 Å². The van der Waals surface area contributed by atoms with Gasteiger partial charge in [0.2, 0.25) is 0 Å². The lowest BCUT2D eigenvalue weighted by Crippen LogP contribution is -2.41. The van der Waals surface area contributed by atoms with Crippen LogP contribution in [0.1, 0.15) is 49.7 Å². The van der Waals surface area contributed by atoms with Gasteiger partial charge in [0.25, 0.3) is 0 Å². The van der Waals surface area contributed by atoms with Crippen LogP contribution in [0.15, 0.2) is 24.3 Å². The summed E-state index contributed by atoms with van der Waals surface area (Å²) in [5.74, 6) is 1.78. The molecule has 1 aromatic carbocycles. The van der Waals surface area contributed by atoms with E-state index in [-0.39, 0.29) is 12.4 Å². The van der Waals surface area contributed by atoms with Gasteiger partial charge in [0.05, 0.1) is 0 Å². The first-order valence-corrected chi connectivity index (χ1v) is 7.68. The zero-order chi connectivity index (χ0) is 12.4. The Morgan fingerprint density at radius 3 is 2.89 bits per heavy atom. The molecule has 2 atom stereocenters. The second-order valence-electron chi connectivity index (χ2n) is 6.05. The second kappa shape index (κ2) is 6.76. The summed E-state index contributed by atoms with van der Waals surface area (Å²) in [5.41, 5.74) is 3.30. The monoisotopic (exact) mass is 279 g/mol. The number of unbranched alkanes of at least 4 members (excludes halogenated alkanes) is 1. The molecule has 0 unspecified atom stereocenters. The Hall–Kier alpha value is -0.530. The van der Waals surface area contributed by atoms with Crippen LogP contribution in [0.3, 0.4) is 0 Å². The van der Waals surface area contributed by atoms with Gasteiger partial charge in [0.15, 0.2) is 0 Å². The molecule has 1 nitrogen and oxygen atoms in total. The van der Waals surface area contributed by atoms with Crippen LogP contribution in [0.25, 0.3) is 0 Å². The van der Waals surface area contributed by atoms with Gasteiger partial charge in [-0.15, -0.1) is 12.4 Å². The molecule has 19 heavy (non-hydrogen) atoms. The smallest absolute Gasteiger partial charge is 0.00156 e. The number of piperidine rings is 1. The lowest BCUT2D eigenvalue weighted by atomic mass is 9.71. The maximum atomic E-state index is 2.71. The minimum absolute atomic E-state index is 0. The van der Waals surface area contributed by atoms with E-state index in [1.807, 2.05) is 0 Å². The quantitative estimate of drug-likeness (QED) is 0.799. The molecule has 0 aromatic heterocycles. The van der Waals surface area contributed by atoms with E-state index in [0.29, 0.717) is 0 Å². The van der Waals surface area contributed by atoms with E-state index >= 15 is 0 Å². The fraction of sp³-hybridized carbons (Fsp3) is 0.647. The van der Waals surface area contributed by atoms with Crippen LogP contribution in [0.2, 0.25) is 0 Å². The molecule has 0 N–H and O–H groups in total. The SMILES string of the molecule is CCCCN1CC[C@H]2c3ccccc3CC[C@H]2C1.Cl. The molecule has 2 heteroatoms. The normalized spacial score (nSPS) is 26.2. The van der Waals surface area contributed by atoms with Gasteiger partial charge in [-0.3, -0.25) is 0 Å². The van der Waals surface area contributed by atoms with Gasteiger partial charge in [-0.1, -0.05) is 37.6 Å². The summed E-state index contributed by atoms with van der Waals surface area (Å²) in [6.07, 6.45) is 6.79. The number of aryl methyl sites for hydroxylation is 1. The summed E-state index contributed by atoms with van der Waals surface area (Å²) in [5, 5.41) is 0. The largest absolute Gasteiger partial charge is 0.303 e. The van der Waals surface area contributed by atoms with Crippen molar-refractivity contribution in [3.8, 4) is 0 Å². The molecule has 2 aliphatic rings. The standard InChI is InChI=1S/C17H25N.ClH/c1-2-3-11-18-12-10-17-15(13-18)9-8-14-6-4-5-7-16(14)17;/h4-7,15,17H,2-3,8-13H2,1H3;1H/t15-,17+;/m0./s1. The molecular weight excluding hydrogens is 254 g/mol. The number of rotatable bonds is 3. The van der Waals surface area contributed by atoms with Crippen molar-refractivity contribution in [3.63, 3.8) is 0 Å². The predicted octanol–water partition coefficient (Wildman–Crippen LogP) is 4.26. The zero-order valence-electron chi connectivity index (χ0n) is 12.0. The third-order valence-electron chi connectivity index (χ3n) is 4.89. The Balaban J connectivity index is 0.00000133. The molecule has 1 fully saturated rings. The van der Waals surface area contributed by atoms with E-state index in [1.165, 1.54) is 51.7 Å². The number of benzene rings is 1. The summed E-state index contributed by atoms with van der Waals surface area (Å²) in [7, 11) is 0. The third kappa shape index (κ3) is 3.14. The van der Waals surface area contributed by atoms with Crippen LogP contribution in [0, 0.1) is 5.92 Å². The number of fused-ring (bicyclic) bond motifs is 3. The molecule has 1 aliphatic carbocycles. The van der Waals surface area contributed by atoms with E-state index in [0.717, 1.165) is 11.8 Å². The van der Waals surface area contributed by atoms with Crippen molar-refractivity contribution in [2.75, 3.05) is 19.6 Å². The number of likely N-dealkylation sites (tertiary alicyclic amines) is 1. The van der Waals surface area contributed by atoms with Crippen LogP contribution in [-0.4, -0.2) is 24.5 Å². The van der Waals surface area contributed by atoms with Gasteiger partial charge in [-0.05, 0) is 61.7 Å². The van der Waals surface area contributed by atoms with Gasteiger partial charge >= 0.3 is 0 Å². The highest BCUT2D eigenvalue weighted by atomic mass is 35.5. The van der Waals surface area contributed by atoms with E-state index in [4.69, 9.17) is 0 Å². The highest BCUT2D eigenvalue weighted by molar-refractivity contribution is 5.85. The van der Waals surface area contributed by atoms with E-state index < -0.39 is 0 Å². The van der Waals surface area contributed by atoms with Gasteiger partial charge in [0.1, 0.15) is 0 Å². The Morgan fingerprint density at radius 1 is 1.21 bits per heavy atom. The molecule has 0 saturated carbocycles. The van der Waals surface area contributed by atoms with Crippen molar-refractivity contribution in [1.29, 1.82) is 0 Å². The van der Waals surface area contributed by atoms with Gasteiger partial charge in [0, 0.05) is 6.54 Å². The van der Waals surface area contributed by atoms with Gasteiger partial charge < -0.3 is 4.90 Å². The van der Waals surface area contributed by atoms with Crippen LogP contribution >= 0.6 is 12.4 Å². The Kier molecular flexibility index (Phi) is 5.29. The van der Waals surface area contributed by atoms with Crippen LogP contribution in [0.5, 0.6) is 0 Å². The molecule has 1 aromatic rings. The maximum Gasteiger partial charge on any atom is 0.00156 e. The fourth-order valence-electron chi connectivity index (χ4n) is 3.86. The van der Waals surface area contributed by atoms with Gasteiger partial charge in [-0.25, -0.2) is 0 Å². The Morgan fingerprint density at radius 2 is 2.05 bits per heavy atom. The average Bonchev–Trinajstić information content (AvgIpc) is 2.44. The zero-order valence-corrected chi connectivity index (χ0v) is 12.8. The molecule has 0 bridgehead atoms. The fourth-order valence-corrected chi connectivity index (χ4v) is 3.86. The van der Waals surface area contributed by atoms with E-state index in [9.17, 15) is 0 Å². The minimum atomic E-state index is 0. The molecule has 1 saturated heterocycles. The predicted molar refractivity (Wildman–Crippen MR) is 84.2 cm³/mol. The molecule has 0 spiro atoms. The molecule has 0 radical (unpaired) electrons. The molecule has 1 heterocycles. The van der Waals surface area contributed by atoms with Crippen LogP contribution in [0.4, 0.5) is 0 Å². The summed E-state index contributed by atoms with van der Waals surface area (Å²) >= 11 is 0. The second-order valence-corrected chi connectivity index (χ2v) is 6.05. The molecule has 0 amide bonds. The van der Waals surface area contributed by atoms with Crippen molar-refractivity contribution >= 4 is 12.4 Å². The van der Waals surface area contributed by atoms with Crippen molar-refractivity contribution in [2.45, 2.75) is 44.9 Å². The molecular formula is C17H26ClN. The van der Waals surface area contributed by atoms with Gasteiger partial charge in [-0.2, -0.15) is 0 Å². The first kappa shape index (κ1) is 14.9. The average molecular weight is 280 g/mol. The number of nitrogens with zero attached hydrogens (tertiary/aromatic N) is 1. The number of halogens is 1. The van der Waals surface area contributed by atoms with Crippen molar-refractivity contribution < 1.29 is 0 Å².